The van der Waals surface area contributed by atoms with Gasteiger partial charge in [0.15, 0.2) is 0 Å². The number of carbonyl (C=O) groups is 1. The maximum atomic E-state index is 11.9. The van der Waals surface area contributed by atoms with Crippen LogP contribution < -0.4 is 5.32 Å². The molecule has 4 nitrogen and oxygen atoms in total. The van der Waals surface area contributed by atoms with Gasteiger partial charge in [0.1, 0.15) is 0 Å². The molecule has 20 heavy (non-hydrogen) atoms. The number of aromatic nitrogens is 1. The summed E-state index contributed by atoms with van der Waals surface area (Å²) in [5, 5.41) is 3.03. The summed E-state index contributed by atoms with van der Waals surface area (Å²) in [6.07, 6.45) is 9.92. The zero-order valence-corrected chi connectivity index (χ0v) is 12.3. The largest absolute Gasteiger partial charge is 0.356 e. The predicted octanol–water partition coefficient (Wildman–Crippen LogP) is 2.00. The van der Waals surface area contributed by atoms with Gasteiger partial charge in [-0.05, 0) is 50.9 Å². The average Bonchev–Trinajstić information content (AvgIpc) is 2.47. The Kier molecular flexibility index (Phi) is 5.99. The first-order valence-corrected chi connectivity index (χ1v) is 7.61. The van der Waals surface area contributed by atoms with Crippen molar-refractivity contribution < 1.29 is 4.79 Å². The van der Waals surface area contributed by atoms with Gasteiger partial charge in [-0.3, -0.25) is 9.78 Å². The van der Waals surface area contributed by atoms with Crippen molar-refractivity contribution in [1.82, 2.24) is 15.2 Å². The summed E-state index contributed by atoms with van der Waals surface area (Å²) in [5.41, 5.74) is 1.23. The van der Waals surface area contributed by atoms with Gasteiger partial charge in [0.2, 0.25) is 5.91 Å². The molecular weight excluding hydrogens is 250 g/mol. The second-order valence-electron chi connectivity index (χ2n) is 5.65. The van der Waals surface area contributed by atoms with Crippen LogP contribution in [0.5, 0.6) is 0 Å². The summed E-state index contributed by atoms with van der Waals surface area (Å²) >= 11 is 0. The number of nitrogens with zero attached hydrogens (tertiary/aromatic N) is 2. The lowest BCUT2D eigenvalue weighted by Gasteiger charge is -2.31. The van der Waals surface area contributed by atoms with Crippen LogP contribution in [0.2, 0.25) is 0 Å². The fraction of sp³-hybridized carbons (Fsp3) is 0.625. The van der Waals surface area contributed by atoms with Crippen LogP contribution in [-0.4, -0.2) is 42.0 Å². The number of amides is 1. The number of pyridine rings is 1. The molecule has 110 valence electrons. The van der Waals surface area contributed by atoms with E-state index in [9.17, 15) is 4.79 Å². The zero-order chi connectivity index (χ0) is 14.2. The summed E-state index contributed by atoms with van der Waals surface area (Å²) in [6.45, 7) is 1.88. The molecule has 1 atom stereocenters. The molecule has 0 unspecified atom stereocenters. The average molecular weight is 275 g/mol. The van der Waals surface area contributed by atoms with E-state index in [4.69, 9.17) is 0 Å². The van der Waals surface area contributed by atoms with Crippen molar-refractivity contribution in [2.45, 2.75) is 44.6 Å². The Bertz CT molecular complexity index is 407. The van der Waals surface area contributed by atoms with E-state index in [1.165, 1.54) is 18.4 Å². The first-order valence-electron chi connectivity index (χ1n) is 7.61. The fourth-order valence-corrected chi connectivity index (χ4v) is 2.75. The van der Waals surface area contributed by atoms with Gasteiger partial charge in [-0.1, -0.05) is 12.5 Å². The molecule has 2 heterocycles. The van der Waals surface area contributed by atoms with Gasteiger partial charge in [0.05, 0.1) is 0 Å². The lowest BCUT2D eigenvalue weighted by Crippen LogP contribution is -2.40. The van der Waals surface area contributed by atoms with Gasteiger partial charge in [0.25, 0.3) is 0 Å². The van der Waals surface area contributed by atoms with Gasteiger partial charge in [-0.2, -0.15) is 0 Å². The first-order chi connectivity index (χ1) is 9.75. The number of hydrogen-bond donors (Lipinski definition) is 1. The van der Waals surface area contributed by atoms with Crippen molar-refractivity contribution in [2.75, 3.05) is 20.1 Å². The maximum Gasteiger partial charge on any atom is 0.221 e. The van der Waals surface area contributed by atoms with E-state index in [0.717, 1.165) is 32.4 Å². The van der Waals surface area contributed by atoms with Crippen LogP contribution in [0.3, 0.4) is 0 Å². The number of carbonyl (C=O) groups excluding carboxylic acids is 1. The Morgan fingerprint density at radius 1 is 1.50 bits per heavy atom. The molecule has 4 heteroatoms. The summed E-state index contributed by atoms with van der Waals surface area (Å²) in [5.74, 6) is 0.190. The quantitative estimate of drug-likeness (QED) is 0.808. The predicted molar refractivity (Wildman–Crippen MR) is 80.5 cm³/mol. The highest BCUT2D eigenvalue weighted by molar-refractivity contribution is 5.76. The molecule has 1 aliphatic rings. The number of rotatable bonds is 6. The van der Waals surface area contributed by atoms with E-state index >= 15 is 0 Å². The van der Waals surface area contributed by atoms with Crippen LogP contribution in [-0.2, 0) is 11.2 Å². The van der Waals surface area contributed by atoms with Crippen molar-refractivity contribution >= 4 is 5.91 Å². The topological polar surface area (TPSA) is 45.2 Å². The monoisotopic (exact) mass is 275 g/mol. The molecule has 1 aliphatic heterocycles. The van der Waals surface area contributed by atoms with Crippen molar-refractivity contribution in [2.24, 2.45) is 0 Å². The van der Waals surface area contributed by atoms with E-state index in [0.29, 0.717) is 12.5 Å². The number of piperidine rings is 1. The second kappa shape index (κ2) is 8.00. The maximum absolute atomic E-state index is 11.9. The number of hydrogen-bond acceptors (Lipinski definition) is 3. The Hall–Kier alpha value is -1.42. The van der Waals surface area contributed by atoms with Gasteiger partial charge >= 0.3 is 0 Å². The Labute approximate surface area is 121 Å². The third-order valence-electron chi connectivity index (χ3n) is 4.03. The molecular formula is C16H25N3O. The van der Waals surface area contributed by atoms with Gasteiger partial charge in [-0.15, -0.1) is 0 Å². The Balaban J connectivity index is 1.60. The highest BCUT2D eigenvalue weighted by atomic mass is 16.1. The third kappa shape index (κ3) is 4.93. The second-order valence-corrected chi connectivity index (χ2v) is 5.65. The molecule has 1 saturated heterocycles. The van der Waals surface area contributed by atoms with Gasteiger partial charge < -0.3 is 10.2 Å². The van der Waals surface area contributed by atoms with E-state index in [-0.39, 0.29) is 5.91 Å². The van der Waals surface area contributed by atoms with Crippen LogP contribution >= 0.6 is 0 Å². The van der Waals surface area contributed by atoms with Crippen molar-refractivity contribution in [1.29, 1.82) is 0 Å². The molecule has 0 aliphatic carbocycles. The lowest BCUT2D eigenvalue weighted by atomic mass is 10.00. The molecule has 0 saturated carbocycles. The highest BCUT2D eigenvalue weighted by Crippen LogP contribution is 2.17. The van der Waals surface area contributed by atoms with Crippen LogP contribution in [0.15, 0.2) is 24.5 Å². The molecule has 1 fully saturated rings. The Morgan fingerprint density at radius 2 is 2.40 bits per heavy atom. The van der Waals surface area contributed by atoms with E-state index < -0.39 is 0 Å². The minimum atomic E-state index is 0.190. The number of nitrogens with one attached hydrogen (secondary N) is 1. The summed E-state index contributed by atoms with van der Waals surface area (Å²) in [7, 11) is 2.12. The van der Waals surface area contributed by atoms with Crippen LogP contribution in [0.25, 0.3) is 0 Å². The highest BCUT2D eigenvalue weighted by Gasteiger charge is 2.21. The third-order valence-corrected chi connectivity index (χ3v) is 4.03. The van der Waals surface area contributed by atoms with Crippen molar-refractivity contribution in [3.05, 3.63) is 30.1 Å². The molecule has 0 aromatic carbocycles. The number of aryl methyl sites for hydroxylation is 1. The molecule has 0 spiro atoms. The number of likely N-dealkylation sites (tertiary alicyclic amines) is 1. The lowest BCUT2D eigenvalue weighted by molar-refractivity contribution is -0.122. The normalized spacial score (nSPS) is 19.8. The van der Waals surface area contributed by atoms with E-state index in [1.807, 2.05) is 12.3 Å². The van der Waals surface area contributed by atoms with Crippen LogP contribution in [0, 0.1) is 0 Å². The summed E-state index contributed by atoms with van der Waals surface area (Å²) < 4.78 is 0. The summed E-state index contributed by atoms with van der Waals surface area (Å²) in [4.78, 5) is 18.3. The standard InChI is InChI=1S/C16H25N3O/c1-19-11-3-2-8-15(19)12-16(20)18-10-5-7-14-6-4-9-17-13-14/h4,6,9,13,15H,2-3,5,7-8,10-12H2,1H3,(H,18,20)/t15-/m0/s1. The minimum Gasteiger partial charge on any atom is -0.356 e. The first kappa shape index (κ1) is 15.0. The van der Waals surface area contributed by atoms with Crippen molar-refractivity contribution in [3.63, 3.8) is 0 Å². The summed E-state index contributed by atoms with van der Waals surface area (Å²) in [6, 6.07) is 4.46. The molecule has 2 rings (SSSR count). The van der Waals surface area contributed by atoms with E-state index in [1.54, 1.807) is 6.20 Å². The molecule has 0 bridgehead atoms. The molecule has 1 aromatic heterocycles. The van der Waals surface area contributed by atoms with Gasteiger partial charge in [0, 0.05) is 31.4 Å². The van der Waals surface area contributed by atoms with E-state index in [2.05, 4.69) is 28.3 Å². The van der Waals surface area contributed by atoms with Crippen LogP contribution in [0.1, 0.15) is 37.7 Å². The molecule has 0 radical (unpaired) electrons. The molecule has 1 aromatic rings. The SMILES string of the molecule is CN1CCCC[C@H]1CC(=O)NCCCc1cccnc1. The molecule has 1 N–H and O–H groups in total. The smallest absolute Gasteiger partial charge is 0.221 e. The minimum absolute atomic E-state index is 0.190. The van der Waals surface area contributed by atoms with Gasteiger partial charge in [-0.25, -0.2) is 0 Å². The Morgan fingerprint density at radius 3 is 3.15 bits per heavy atom. The molecule has 1 amide bonds. The zero-order valence-electron chi connectivity index (χ0n) is 12.3. The fourth-order valence-electron chi connectivity index (χ4n) is 2.75. The van der Waals surface area contributed by atoms with Crippen LogP contribution in [0.4, 0.5) is 0 Å². The van der Waals surface area contributed by atoms with Crippen molar-refractivity contribution in [3.8, 4) is 0 Å².